The average Bonchev–Trinajstić information content (AvgIpc) is 3.06. The molecular formula is C19H21N3O2. The van der Waals surface area contributed by atoms with Crippen LogP contribution >= 0.6 is 0 Å². The van der Waals surface area contributed by atoms with Gasteiger partial charge in [-0.1, -0.05) is 12.1 Å². The van der Waals surface area contributed by atoms with Crippen molar-refractivity contribution >= 4 is 17.5 Å². The van der Waals surface area contributed by atoms with Gasteiger partial charge in [-0.25, -0.2) is 0 Å². The zero-order valence-corrected chi connectivity index (χ0v) is 13.8. The van der Waals surface area contributed by atoms with E-state index in [2.05, 4.69) is 4.98 Å². The highest BCUT2D eigenvalue weighted by Crippen LogP contribution is 2.22. The van der Waals surface area contributed by atoms with Crippen molar-refractivity contribution in [2.24, 2.45) is 0 Å². The Morgan fingerprint density at radius 3 is 2.83 bits per heavy atom. The quantitative estimate of drug-likeness (QED) is 0.849. The van der Waals surface area contributed by atoms with E-state index >= 15 is 0 Å². The molecule has 24 heavy (non-hydrogen) atoms. The molecule has 5 heteroatoms. The highest BCUT2D eigenvalue weighted by atomic mass is 16.2. The van der Waals surface area contributed by atoms with Crippen molar-refractivity contribution in [3.05, 3.63) is 59.9 Å². The fourth-order valence-corrected chi connectivity index (χ4v) is 2.88. The number of pyridine rings is 1. The maximum atomic E-state index is 12.6. The Kier molecular flexibility index (Phi) is 4.89. The first kappa shape index (κ1) is 16.2. The van der Waals surface area contributed by atoms with Gasteiger partial charge in [0, 0.05) is 56.1 Å². The summed E-state index contributed by atoms with van der Waals surface area (Å²) in [7, 11) is 1.79. The smallest absolute Gasteiger partial charge is 0.253 e. The summed E-state index contributed by atoms with van der Waals surface area (Å²) in [6.45, 7) is 1.33. The summed E-state index contributed by atoms with van der Waals surface area (Å²) in [6.07, 6.45) is 3.93. The first-order chi connectivity index (χ1) is 11.6. The summed E-state index contributed by atoms with van der Waals surface area (Å²) in [4.78, 5) is 32.2. The van der Waals surface area contributed by atoms with E-state index in [1.807, 2.05) is 36.4 Å². The minimum absolute atomic E-state index is 0.0422. The van der Waals surface area contributed by atoms with E-state index in [1.165, 1.54) is 0 Å². The Bertz CT molecular complexity index is 730. The van der Waals surface area contributed by atoms with Crippen LogP contribution < -0.4 is 4.90 Å². The normalized spacial score (nSPS) is 14.0. The Hall–Kier alpha value is -2.69. The van der Waals surface area contributed by atoms with Gasteiger partial charge in [0.1, 0.15) is 0 Å². The molecule has 124 valence electrons. The molecule has 1 aliphatic heterocycles. The molecule has 1 aromatic carbocycles. The van der Waals surface area contributed by atoms with Crippen LogP contribution in [0.25, 0.3) is 0 Å². The van der Waals surface area contributed by atoms with Gasteiger partial charge in [0.2, 0.25) is 5.91 Å². The predicted octanol–water partition coefficient (Wildman–Crippen LogP) is 2.52. The summed E-state index contributed by atoms with van der Waals surface area (Å²) in [5.74, 6) is 0.0857. The standard InChI is InChI=1S/C19H21N3O2/c1-21(13-10-16-7-2-3-11-20-16)19(24)15-6-4-8-17(14-15)22-12-5-9-18(22)23/h2-4,6-8,11,14H,5,9-10,12-13H2,1H3. The summed E-state index contributed by atoms with van der Waals surface area (Å²) in [6, 6.07) is 13.1. The summed E-state index contributed by atoms with van der Waals surface area (Å²) < 4.78 is 0. The zero-order valence-electron chi connectivity index (χ0n) is 13.8. The van der Waals surface area contributed by atoms with E-state index in [-0.39, 0.29) is 11.8 Å². The third-order valence-electron chi connectivity index (χ3n) is 4.25. The molecule has 0 aliphatic carbocycles. The third-order valence-corrected chi connectivity index (χ3v) is 4.25. The highest BCUT2D eigenvalue weighted by Gasteiger charge is 2.22. The number of likely N-dealkylation sites (N-methyl/N-ethyl adjacent to an activating group) is 1. The topological polar surface area (TPSA) is 53.5 Å². The summed E-state index contributed by atoms with van der Waals surface area (Å²) >= 11 is 0. The molecule has 1 saturated heterocycles. The molecule has 1 aromatic heterocycles. The van der Waals surface area contributed by atoms with Crippen LogP contribution in [0, 0.1) is 0 Å². The number of nitrogens with zero attached hydrogens (tertiary/aromatic N) is 3. The predicted molar refractivity (Wildman–Crippen MR) is 92.9 cm³/mol. The van der Waals surface area contributed by atoms with Gasteiger partial charge in [0.25, 0.3) is 5.91 Å². The molecule has 0 N–H and O–H groups in total. The van der Waals surface area contributed by atoms with Gasteiger partial charge < -0.3 is 9.80 Å². The molecular weight excluding hydrogens is 302 g/mol. The largest absolute Gasteiger partial charge is 0.341 e. The fourth-order valence-electron chi connectivity index (χ4n) is 2.88. The molecule has 0 spiro atoms. The van der Waals surface area contributed by atoms with Crippen LogP contribution in [0.3, 0.4) is 0 Å². The number of amides is 2. The first-order valence-electron chi connectivity index (χ1n) is 8.21. The lowest BCUT2D eigenvalue weighted by molar-refractivity contribution is -0.117. The lowest BCUT2D eigenvalue weighted by Crippen LogP contribution is -2.29. The van der Waals surface area contributed by atoms with Gasteiger partial charge in [0.15, 0.2) is 0 Å². The van der Waals surface area contributed by atoms with E-state index in [9.17, 15) is 9.59 Å². The molecule has 0 unspecified atom stereocenters. The second-order valence-electron chi connectivity index (χ2n) is 6.00. The monoisotopic (exact) mass is 323 g/mol. The van der Waals surface area contributed by atoms with E-state index in [0.29, 0.717) is 24.9 Å². The number of aromatic nitrogens is 1. The number of rotatable bonds is 5. The number of anilines is 1. The van der Waals surface area contributed by atoms with Crippen LogP contribution in [-0.4, -0.2) is 41.8 Å². The van der Waals surface area contributed by atoms with E-state index in [4.69, 9.17) is 0 Å². The number of benzene rings is 1. The number of carbonyl (C=O) groups is 2. The average molecular weight is 323 g/mol. The van der Waals surface area contributed by atoms with E-state index in [0.717, 1.165) is 24.3 Å². The number of hydrogen-bond donors (Lipinski definition) is 0. The zero-order chi connectivity index (χ0) is 16.9. The van der Waals surface area contributed by atoms with Crippen molar-refractivity contribution in [3.63, 3.8) is 0 Å². The van der Waals surface area contributed by atoms with Gasteiger partial charge in [-0.05, 0) is 36.8 Å². The molecule has 0 radical (unpaired) electrons. The molecule has 2 heterocycles. The van der Waals surface area contributed by atoms with Gasteiger partial charge in [-0.3, -0.25) is 14.6 Å². The van der Waals surface area contributed by atoms with Crippen LogP contribution in [0.2, 0.25) is 0 Å². The Balaban J connectivity index is 1.67. The minimum atomic E-state index is -0.0422. The van der Waals surface area contributed by atoms with Crippen molar-refractivity contribution in [1.29, 1.82) is 0 Å². The lowest BCUT2D eigenvalue weighted by Gasteiger charge is -2.19. The van der Waals surface area contributed by atoms with Gasteiger partial charge in [-0.2, -0.15) is 0 Å². The van der Waals surface area contributed by atoms with Crippen LogP contribution in [0.15, 0.2) is 48.7 Å². The van der Waals surface area contributed by atoms with E-state index in [1.54, 1.807) is 29.1 Å². The Morgan fingerprint density at radius 2 is 2.12 bits per heavy atom. The molecule has 0 bridgehead atoms. The maximum Gasteiger partial charge on any atom is 0.253 e. The molecule has 2 aromatic rings. The van der Waals surface area contributed by atoms with Gasteiger partial charge in [0.05, 0.1) is 0 Å². The van der Waals surface area contributed by atoms with Gasteiger partial charge >= 0.3 is 0 Å². The van der Waals surface area contributed by atoms with E-state index < -0.39 is 0 Å². The highest BCUT2D eigenvalue weighted by molar-refractivity contribution is 5.99. The molecule has 5 nitrogen and oxygen atoms in total. The molecule has 2 amide bonds. The maximum absolute atomic E-state index is 12.6. The molecule has 3 rings (SSSR count). The third kappa shape index (κ3) is 3.62. The van der Waals surface area contributed by atoms with Crippen LogP contribution in [0.1, 0.15) is 28.9 Å². The van der Waals surface area contributed by atoms with Crippen molar-refractivity contribution in [2.75, 3.05) is 25.0 Å². The molecule has 0 atom stereocenters. The van der Waals surface area contributed by atoms with Crippen molar-refractivity contribution < 1.29 is 9.59 Å². The first-order valence-corrected chi connectivity index (χ1v) is 8.21. The van der Waals surface area contributed by atoms with Crippen LogP contribution in [-0.2, 0) is 11.2 Å². The van der Waals surface area contributed by atoms with Crippen LogP contribution in [0.5, 0.6) is 0 Å². The second-order valence-corrected chi connectivity index (χ2v) is 6.00. The van der Waals surface area contributed by atoms with Crippen molar-refractivity contribution in [2.45, 2.75) is 19.3 Å². The number of carbonyl (C=O) groups excluding carboxylic acids is 2. The Morgan fingerprint density at radius 1 is 1.25 bits per heavy atom. The van der Waals surface area contributed by atoms with Crippen LogP contribution in [0.4, 0.5) is 5.69 Å². The number of hydrogen-bond acceptors (Lipinski definition) is 3. The molecule has 1 aliphatic rings. The summed E-state index contributed by atoms with van der Waals surface area (Å²) in [5, 5.41) is 0. The van der Waals surface area contributed by atoms with Crippen molar-refractivity contribution in [3.8, 4) is 0 Å². The Labute approximate surface area is 141 Å². The minimum Gasteiger partial charge on any atom is -0.341 e. The SMILES string of the molecule is CN(CCc1ccccn1)C(=O)c1cccc(N2CCCC2=O)c1. The molecule has 0 saturated carbocycles. The lowest BCUT2D eigenvalue weighted by atomic mass is 10.1. The molecule has 1 fully saturated rings. The van der Waals surface area contributed by atoms with Gasteiger partial charge in [-0.15, -0.1) is 0 Å². The summed E-state index contributed by atoms with van der Waals surface area (Å²) in [5.41, 5.74) is 2.38. The fraction of sp³-hybridized carbons (Fsp3) is 0.316. The second kappa shape index (κ2) is 7.25. The van der Waals surface area contributed by atoms with Crippen molar-refractivity contribution in [1.82, 2.24) is 9.88 Å².